The van der Waals surface area contributed by atoms with E-state index in [1.54, 1.807) is 25.1 Å². The number of nitro groups is 1. The number of nitrogens with zero attached hydrogens (tertiary/aromatic N) is 1. The summed E-state index contributed by atoms with van der Waals surface area (Å²) in [6.45, 7) is 1.96. The van der Waals surface area contributed by atoms with Crippen LogP contribution in [0.1, 0.15) is 12.5 Å². The molecule has 0 radical (unpaired) electrons. The fourth-order valence-electron chi connectivity index (χ4n) is 1.39. The summed E-state index contributed by atoms with van der Waals surface area (Å²) in [4.78, 5) is 20.9. The predicted molar refractivity (Wildman–Crippen MR) is 75.4 cm³/mol. The van der Waals surface area contributed by atoms with E-state index in [0.717, 1.165) is 18.5 Å². The molecule has 7 nitrogen and oxygen atoms in total. The second-order valence-corrected chi connectivity index (χ2v) is 3.68. The van der Waals surface area contributed by atoms with Gasteiger partial charge in [0.05, 0.1) is 31.0 Å². The lowest BCUT2D eigenvalue weighted by Crippen LogP contribution is -2.00. The molecule has 0 N–H and O–H groups in total. The van der Waals surface area contributed by atoms with Crippen LogP contribution in [0.3, 0.4) is 0 Å². The Bertz CT molecular complexity index is 565. The van der Waals surface area contributed by atoms with Gasteiger partial charge in [0, 0.05) is 11.6 Å². The molecule has 0 unspecified atom stereocenters. The number of rotatable bonds is 7. The second kappa shape index (κ2) is 8.36. The van der Waals surface area contributed by atoms with Crippen molar-refractivity contribution in [3.05, 3.63) is 52.4 Å². The molecule has 7 heteroatoms. The molecule has 21 heavy (non-hydrogen) atoms. The minimum absolute atomic E-state index is 0.266. The van der Waals surface area contributed by atoms with Crippen LogP contribution in [0.25, 0.3) is 6.08 Å². The predicted octanol–water partition coefficient (Wildman–Crippen LogP) is 2.40. The zero-order valence-corrected chi connectivity index (χ0v) is 11.6. The van der Waals surface area contributed by atoms with Gasteiger partial charge in [0.25, 0.3) is 0 Å². The monoisotopic (exact) mass is 293 g/mol. The van der Waals surface area contributed by atoms with Gasteiger partial charge >= 0.3 is 5.97 Å². The molecular weight excluding hydrogens is 278 g/mol. The molecule has 112 valence electrons. The Morgan fingerprint density at radius 1 is 1.43 bits per heavy atom. The maximum absolute atomic E-state index is 11.1. The standard InChI is InChI=1S/C14H15NO6/c1-3-20-14(16)7-9-21-13-5-4-12(19-2)10-11(13)6-8-15(17)18/h4-10H,3H2,1-2H3/b8-6+,9-7+. The maximum atomic E-state index is 11.1. The first kappa shape index (κ1) is 16.2. The second-order valence-electron chi connectivity index (χ2n) is 3.68. The number of esters is 1. The van der Waals surface area contributed by atoms with Gasteiger partial charge in [-0.1, -0.05) is 0 Å². The average Bonchev–Trinajstić information content (AvgIpc) is 2.46. The first-order chi connectivity index (χ1) is 10.1. The number of carbonyl (C=O) groups is 1. The van der Waals surface area contributed by atoms with Gasteiger partial charge in [-0.05, 0) is 25.1 Å². The van der Waals surface area contributed by atoms with Gasteiger partial charge in [0.15, 0.2) is 0 Å². The molecule has 0 atom stereocenters. The summed E-state index contributed by atoms with van der Waals surface area (Å²) in [6.07, 6.45) is 4.34. The molecule has 1 rings (SSSR count). The van der Waals surface area contributed by atoms with Crippen molar-refractivity contribution in [1.29, 1.82) is 0 Å². The van der Waals surface area contributed by atoms with Crippen molar-refractivity contribution in [1.82, 2.24) is 0 Å². The van der Waals surface area contributed by atoms with Crippen molar-refractivity contribution in [2.24, 2.45) is 0 Å². The Morgan fingerprint density at radius 3 is 2.81 bits per heavy atom. The first-order valence-corrected chi connectivity index (χ1v) is 6.06. The van der Waals surface area contributed by atoms with Crippen molar-refractivity contribution >= 4 is 12.0 Å². The van der Waals surface area contributed by atoms with E-state index in [4.69, 9.17) is 14.2 Å². The van der Waals surface area contributed by atoms with E-state index in [1.807, 2.05) is 0 Å². The highest BCUT2D eigenvalue weighted by molar-refractivity contribution is 5.81. The highest BCUT2D eigenvalue weighted by Gasteiger charge is 2.04. The third-order valence-corrected chi connectivity index (χ3v) is 2.28. The zero-order valence-electron chi connectivity index (χ0n) is 11.6. The summed E-state index contributed by atoms with van der Waals surface area (Å²) in [7, 11) is 1.48. The minimum Gasteiger partial charge on any atom is -0.497 e. The molecule has 0 heterocycles. The SMILES string of the molecule is CCOC(=O)/C=C/Oc1ccc(OC)cc1/C=C/[N+](=O)[O-]. The summed E-state index contributed by atoms with van der Waals surface area (Å²) in [5, 5.41) is 10.4. The highest BCUT2D eigenvalue weighted by atomic mass is 16.6. The lowest BCUT2D eigenvalue weighted by molar-refractivity contribution is -0.400. The number of methoxy groups -OCH3 is 1. The molecule has 1 aromatic rings. The molecule has 1 aromatic carbocycles. The third-order valence-electron chi connectivity index (χ3n) is 2.28. The molecule has 0 spiro atoms. The van der Waals surface area contributed by atoms with Gasteiger partial charge in [-0.2, -0.15) is 0 Å². The van der Waals surface area contributed by atoms with E-state index in [9.17, 15) is 14.9 Å². The number of ether oxygens (including phenoxy) is 3. The first-order valence-electron chi connectivity index (χ1n) is 6.06. The van der Waals surface area contributed by atoms with Crippen LogP contribution >= 0.6 is 0 Å². The number of hydrogen-bond acceptors (Lipinski definition) is 6. The average molecular weight is 293 g/mol. The van der Waals surface area contributed by atoms with Crippen LogP contribution in [0.2, 0.25) is 0 Å². The van der Waals surface area contributed by atoms with Gasteiger partial charge in [-0.15, -0.1) is 0 Å². The zero-order chi connectivity index (χ0) is 15.7. The molecule has 0 amide bonds. The molecule has 0 aliphatic rings. The van der Waals surface area contributed by atoms with Gasteiger partial charge < -0.3 is 14.2 Å². The van der Waals surface area contributed by atoms with Gasteiger partial charge in [0.1, 0.15) is 11.5 Å². The summed E-state index contributed by atoms with van der Waals surface area (Å²) >= 11 is 0. The van der Waals surface area contributed by atoms with Crippen LogP contribution in [-0.4, -0.2) is 24.6 Å². The van der Waals surface area contributed by atoms with Crippen LogP contribution in [0.5, 0.6) is 11.5 Å². The van der Waals surface area contributed by atoms with E-state index >= 15 is 0 Å². The van der Waals surface area contributed by atoms with Crippen LogP contribution in [-0.2, 0) is 9.53 Å². The lowest BCUT2D eigenvalue weighted by atomic mass is 10.2. The smallest absolute Gasteiger partial charge is 0.333 e. The Balaban J connectivity index is 2.89. The number of benzene rings is 1. The molecular formula is C14H15NO6. The normalized spacial score (nSPS) is 10.8. The molecule has 0 fully saturated rings. The lowest BCUT2D eigenvalue weighted by Gasteiger charge is -2.06. The Labute approximate surface area is 121 Å². The van der Waals surface area contributed by atoms with Crippen molar-refractivity contribution in [3.8, 4) is 11.5 Å². The fourth-order valence-corrected chi connectivity index (χ4v) is 1.39. The van der Waals surface area contributed by atoms with Gasteiger partial charge in [-0.3, -0.25) is 10.1 Å². The van der Waals surface area contributed by atoms with Crippen LogP contribution in [0, 0.1) is 10.1 Å². The Kier molecular flexibility index (Phi) is 6.46. The van der Waals surface area contributed by atoms with Gasteiger partial charge in [0.2, 0.25) is 6.20 Å². The molecule has 0 saturated heterocycles. The highest BCUT2D eigenvalue weighted by Crippen LogP contribution is 2.25. The Hall–Kier alpha value is -2.83. The van der Waals surface area contributed by atoms with Crippen LogP contribution < -0.4 is 9.47 Å². The van der Waals surface area contributed by atoms with E-state index in [0.29, 0.717) is 17.1 Å². The van der Waals surface area contributed by atoms with Crippen molar-refractivity contribution < 1.29 is 23.9 Å². The van der Waals surface area contributed by atoms with Crippen molar-refractivity contribution in [3.63, 3.8) is 0 Å². The molecule has 0 bridgehead atoms. The third kappa shape index (κ3) is 5.77. The largest absolute Gasteiger partial charge is 0.497 e. The summed E-state index contributed by atoms with van der Waals surface area (Å²) < 4.78 is 15.0. The molecule has 0 saturated carbocycles. The van der Waals surface area contributed by atoms with E-state index in [1.165, 1.54) is 13.2 Å². The molecule has 0 aliphatic carbocycles. The maximum Gasteiger partial charge on any atom is 0.333 e. The topological polar surface area (TPSA) is 87.9 Å². The summed E-state index contributed by atoms with van der Waals surface area (Å²) in [5.74, 6) is 0.336. The Morgan fingerprint density at radius 2 is 2.19 bits per heavy atom. The van der Waals surface area contributed by atoms with Crippen LogP contribution in [0.4, 0.5) is 0 Å². The van der Waals surface area contributed by atoms with Crippen LogP contribution in [0.15, 0.2) is 36.7 Å². The van der Waals surface area contributed by atoms with E-state index in [2.05, 4.69) is 0 Å². The van der Waals surface area contributed by atoms with E-state index < -0.39 is 10.9 Å². The quantitative estimate of drug-likeness (QED) is 0.252. The molecule has 0 aliphatic heterocycles. The molecule has 0 aromatic heterocycles. The summed E-state index contributed by atoms with van der Waals surface area (Å²) in [5.41, 5.74) is 0.444. The van der Waals surface area contributed by atoms with E-state index in [-0.39, 0.29) is 6.61 Å². The van der Waals surface area contributed by atoms with Gasteiger partial charge in [-0.25, -0.2) is 4.79 Å². The summed E-state index contributed by atoms with van der Waals surface area (Å²) in [6, 6.07) is 4.79. The minimum atomic E-state index is -0.586. The van der Waals surface area contributed by atoms with Crippen molar-refractivity contribution in [2.45, 2.75) is 6.92 Å². The number of carbonyl (C=O) groups excluding carboxylic acids is 1. The number of hydrogen-bond donors (Lipinski definition) is 0. The van der Waals surface area contributed by atoms with Crippen molar-refractivity contribution in [2.75, 3.05) is 13.7 Å². The fraction of sp³-hybridized carbons (Fsp3) is 0.214.